The van der Waals surface area contributed by atoms with E-state index in [0.717, 1.165) is 29.0 Å². The third-order valence-corrected chi connectivity index (χ3v) is 7.08. The molecule has 3 heteroatoms. The molecule has 0 radical (unpaired) electrons. The van der Waals surface area contributed by atoms with Gasteiger partial charge in [-0.05, 0) is 107 Å². The van der Waals surface area contributed by atoms with Crippen molar-refractivity contribution in [2.75, 3.05) is 0 Å². The Bertz CT molecular complexity index is 791. The minimum absolute atomic E-state index is 0.0815. The highest BCUT2D eigenvalue weighted by Gasteiger charge is 2.51. The lowest BCUT2D eigenvalue weighted by atomic mass is 9.53. The lowest BCUT2D eigenvalue weighted by Crippen LogP contribution is -2.59. The van der Waals surface area contributed by atoms with E-state index in [1.54, 1.807) is 0 Å². The van der Waals surface area contributed by atoms with E-state index in [2.05, 4.69) is 48.0 Å². The molecule has 4 saturated carbocycles. The van der Waals surface area contributed by atoms with Gasteiger partial charge in [0.25, 0.3) is 5.91 Å². The summed E-state index contributed by atoms with van der Waals surface area (Å²) in [5.41, 5.74) is 4.42. The van der Waals surface area contributed by atoms with Crippen LogP contribution in [0.15, 0.2) is 36.4 Å². The van der Waals surface area contributed by atoms with Crippen LogP contribution in [0.4, 0.5) is 0 Å². The summed E-state index contributed by atoms with van der Waals surface area (Å²) >= 11 is 0. The number of nitrogens with one attached hydrogen (secondary N) is 1. The molecule has 4 fully saturated rings. The topological polar surface area (TPSA) is 34.0 Å². The quantitative estimate of drug-likeness (QED) is 0.850. The van der Waals surface area contributed by atoms with E-state index in [-0.39, 0.29) is 11.4 Å². The predicted octanol–water partition coefficient (Wildman–Crippen LogP) is 4.79. The standard InChI is InChI=1S/C23H28N2O/c1-15-3-4-16(2)25(15)21-7-5-20(6-8-21)22(26)24-23-12-17-9-18(13-23)11-19(10-17)14-23/h3-8,17-19H,9-14H2,1-2H3,(H,24,26). The van der Waals surface area contributed by atoms with Crippen LogP contribution in [0.3, 0.4) is 0 Å². The maximum Gasteiger partial charge on any atom is 0.251 e. The first kappa shape index (κ1) is 16.2. The van der Waals surface area contributed by atoms with Crippen LogP contribution < -0.4 is 5.32 Å². The van der Waals surface area contributed by atoms with Crippen LogP contribution in [0.2, 0.25) is 0 Å². The van der Waals surface area contributed by atoms with Crippen LogP contribution in [0, 0.1) is 31.6 Å². The molecular formula is C23H28N2O. The summed E-state index contributed by atoms with van der Waals surface area (Å²) in [6, 6.07) is 12.3. The maximum absolute atomic E-state index is 12.9. The molecule has 0 aliphatic heterocycles. The third kappa shape index (κ3) is 2.60. The number of carbonyl (C=O) groups is 1. The second-order valence-electron chi connectivity index (χ2n) is 9.15. The van der Waals surface area contributed by atoms with Gasteiger partial charge in [-0.3, -0.25) is 4.79 Å². The Labute approximate surface area is 155 Å². The molecule has 4 aliphatic rings. The molecule has 1 heterocycles. The smallest absolute Gasteiger partial charge is 0.251 e. The number of amides is 1. The molecule has 4 aliphatic carbocycles. The summed E-state index contributed by atoms with van der Waals surface area (Å²) in [5.74, 6) is 2.66. The molecule has 2 aromatic rings. The molecule has 1 aromatic carbocycles. The van der Waals surface area contributed by atoms with Gasteiger partial charge in [0.05, 0.1) is 0 Å². The van der Waals surface area contributed by atoms with Gasteiger partial charge in [-0.15, -0.1) is 0 Å². The molecule has 0 saturated heterocycles. The van der Waals surface area contributed by atoms with Crippen LogP contribution in [0.5, 0.6) is 0 Å². The van der Waals surface area contributed by atoms with E-state index in [1.807, 2.05) is 12.1 Å². The average molecular weight is 348 g/mol. The van der Waals surface area contributed by atoms with Gasteiger partial charge >= 0.3 is 0 Å². The Morgan fingerprint density at radius 3 is 1.88 bits per heavy atom. The van der Waals surface area contributed by atoms with Gasteiger partial charge in [0.2, 0.25) is 0 Å². The van der Waals surface area contributed by atoms with Crippen LogP contribution >= 0.6 is 0 Å². The largest absolute Gasteiger partial charge is 0.347 e. The Kier molecular flexibility index (Phi) is 3.57. The molecule has 3 nitrogen and oxygen atoms in total. The summed E-state index contributed by atoms with van der Waals surface area (Å²) in [6.07, 6.45) is 7.80. The van der Waals surface area contributed by atoms with Crippen molar-refractivity contribution in [1.29, 1.82) is 0 Å². The molecule has 0 spiro atoms. The molecule has 26 heavy (non-hydrogen) atoms. The number of carbonyl (C=O) groups excluding carboxylic acids is 1. The number of rotatable bonds is 3. The molecule has 6 rings (SSSR count). The van der Waals surface area contributed by atoms with Crippen LogP contribution in [0.1, 0.15) is 60.3 Å². The minimum atomic E-state index is 0.0815. The van der Waals surface area contributed by atoms with Crippen molar-refractivity contribution in [2.45, 2.75) is 57.9 Å². The van der Waals surface area contributed by atoms with E-state index in [0.29, 0.717) is 0 Å². The summed E-state index contributed by atoms with van der Waals surface area (Å²) in [7, 11) is 0. The molecule has 1 aromatic heterocycles. The van der Waals surface area contributed by atoms with Crippen molar-refractivity contribution in [2.24, 2.45) is 17.8 Å². The monoisotopic (exact) mass is 348 g/mol. The van der Waals surface area contributed by atoms with E-state index in [1.165, 1.54) is 49.9 Å². The van der Waals surface area contributed by atoms with Crippen molar-refractivity contribution < 1.29 is 4.79 Å². The van der Waals surface area contributed by atoms with E-state index in [9.17, 15) is 4.79 Å². The highest BCUT2D eigenvalue weighted by atomic mass is 16.1. The minimum Gasteiger partial charge on any atom is -0.347 e. The normalized spacial score (nSPS) is 32.0. The van der Waals surface area contributed by atoms with E-state index < -0.39 is 0 Å². The van der Waals surface area contributed by atoms with Crippen LogP contribution in [-0.4, -0.2) is 16.0 Å². The molecular weight excluding hydrogens is 320 g/mol. The maximum atomic E-state index is 12.9. The van der Waals surface area contributed by atoms with Crippen molar-refractivity contribution in [3.8, 4) is 5.69 Å². The summed E-state index contributed by atoms with van der Waals surface area (Å²) in [6.45, 7) is 4.22. The van der Waals surface area contributed by atoms with Gasteiger partial charge in [0.1, 0.15) is 0 Å². The first-order valence-corrected chi connectivity index (χ1v) is 10.1. The second-order valence-corrected chi connectivity index (χ2v) is 9.15. The zero-order valence-corrected chi connectivity index (χ0v) is 15.8. The number of aryl methyl sites for hydroxylation is 2. The fourth-order valence-electron chi connectivity index (χ4n) is 6.41. The van der Waals surface area contributed by atoms with Crippen molar-refractivity contribution in [3.05, 3.63) is 53.3 Å². The summed E-state index contributed by atoms with van der Waals surface area (Å²) < 4.78 is 2.22. The second kappa shape index (κ2) is 5.73. The van der Waals surface area contributed by atoms with Gasteiger partial charge in [0, 0.05) is 28.2 Å². The molecule has 0 atom stereocenters. The van der Waals surface area contributed by atoms with Crippen LogP contribution in [-0.2, 0) is 0 Å². The molecule has 1 amide bonds. The van der Waals surface area contributed by atoms with Crippen LogP contribution in [0.25, 0.3) is 5.69 Å². The van der Waals surface area contributed by atoms with Gasteiger partial charge in [-0.2, -0.15) is 0 Å². The zero-order chi connectivity index (χ0) is 17.9. The van der Waals surface area contributed by atoms with E-state index in [4.69, 9.17) is 0 Å². The fourth-order valence-corrected chi connectivity index (χ4v) is 6.41. The lowest BCUT2D eigenvalue weighted by Gasteiger charge is -2.56. The lowest BCUT2D eigenvalue weighted by molar-refractivity contribution is -0.0167. The Balaban J connectivity index is 1.35. The van der Waals surface area contributed by atoms with Gasteiger partial charge in [-0.25, -0.2) is 0 Å². The summed E-state index contributed by atoms with van der Waals surface area (Å²) in [5, 5.41) is 3.47. The number of benzene rings is 1. The number of nitrogens with zero attached hydrogens (tertiary/aromatic N) is 1. The number of aromatic nitrogens is 1. The molecule has 4 bridgehead atoms. The third-order valence-electron chi connectivity index (χ3n) is 7.08. The molecule has 136 valence electrons. The zero-order valence-electron chi connectivity index (χ0n) is 15.8. The van der Waals surface area contributed by atoms with Gasteiger partial charge < -0.3 is 9.88 Å². The SMILES string of the molecule is Cc1ccc(C)n1-c1ccc(C(=O)NC23CC4CC(CC(C4)C2)C3)cc1. The Morgan fingerprint density at radius 1 is 0.885 bits per heavy atom. The predicted molar refractivity (Wildman–Crippen MR) is 104 cm³/mol. The van der Waals surface area contributed by atoms with E-state index >= 15 is 0 Å². The fraction of sp³-hybridized carbons (Fsp3) is 0.522. The number of hydrogen-bond donors (Lipinski definition) is 1. The summed E-state index contributed by atoms with van der Waals surface area (Å²) in [4.78, 5) is 12.9. The Morgan fingerprint density at radius 2 is 1.38 bits per heavy atom. The average Bonchev–Trinajstić information content (AvgIpc) is 2.92. The van der Waals surface area contributed by atoms with Gasteiger partial charge in [-0.1, -0.05) is 0 Å². The first-order chi connectivity index (χ1) is 12.5. The molecule has 0 unspecified atom stereocenters. The Hall–Kier alpha value is -2.03. The number of hydrogen-bond acceptors (Lipinski definition) is 1. The van der Waals surface area contributed by atoms with Crippen molar-refractivity contribution >= 4 is 5.91 Å². The van der Waals surface area contributed by atoms with Crippen molar-refractivity contribution in [1.82, 2.24) is 9.88 Å². The van der Waals surface area contributed by atoms with Gasteiger partial charge in [0.15, 0.2) is 0 Å². The highest BCUT2D eigenvalue weighted by molar-refractivity contribution is 5.95. The highest BCUT2D eigenvalue weighted by Crippen LogP contribution is 2.55. The molecule has 1 N–H and O–H groups in total. The first-order valence-electron chi connectivity index (χ1n) is 10.1. The van der Waals surface area contributed by atoms with Crippen molar-refractivity contribution in [3.63, 3.8) is 0 Å².